The van der Waals surface area contributed by atoms with Crippen molar-refractivity contribution in [3.05, 3.63) is 11.5 Å². The van der Waals surface area contributed by atoms with Crippen molar-refractivity contribution in [1.29, 1.82) is 0 Å². The molecule has 2 saturated heterocycles. The predicted octanol–water partition coefficient (Wildman–Crippen LogP) is 3.74. The van der Waals surface area contributed by atoms with Gasteiger partial charge < -0.3 is 23.7 Å². The molecule has 0 aromatic carbocycles. The summed E-state index contributed by atoms with van der Waals surface area (Å²) in [7, 11) is 0.771. The molecule has 1 aliphatic carbocycles. The third-order valence-corrected chi connectivity index (χ3v) is 6.55. The first-order valence-corrected chi connectivity index (χ1v) is 9.87. The summed E-state index contributed by atoms with van der Waals surface area (Å²) in [5.41, 5.74) is 0.250. The van der Waals surface area contributed by atoms with Gasteiger partial charge in [-0.25, -0.2) is 4.79 Å². The highest BCUT2D eigenvalue weighted by atomic mass is 19.4. The molecule has 1 unspecified atom stereocenters. The molecule has 1 atom stereocenters. The molecule has 0 bridgehead atoms. The zero-order valence-corrected chi connectivity index (χ0v) is 17.6. The molecule has 3 aliphatic rings. The number of likely N-dealkylation sites (tertiary alicyclic amines) is 1. The SMILES string of the molecule is COCC(OC(=O)N1CCC2(C=C(B3OC(C)(C)C(C)(C)O3)C2)CC1)C(F)(F)F. The summed E-state index contributed by atoms with van der Waals surface area (Å²) < 4.78 is 60.0. The first kappa shape index (κ1) is 22.4. The van der Waals surface area contributed by atoms with Gasteiger partial charge in [0.15, 0.2) is 0 Å². The third-order valence-electron chi connectivity index (χ3n) is 6.55. The number of piperidine rings is 1. The van der Waals surface area contributed by atoms with Gasteiger partial charge >= 0.3 is 19.4 Å². The highest BCUT2D eigenvalue weighted by Gasteiger charge is 2.55. The van der Waals surface area contributed by atoms with E-state index in [1.54, 1.807) is 0 Å². The monoisotopic (exact) mass is 419 g/mol. The van der Waals surface area contributed by atoms with E-state index in [1.807, 2.05) is 27.7 Å². The lowest BCUT2D eigenvalue weighted by atomic mass is 9.55. The number of methoxy groups -OCH3 is 1. The summed E-state index contributed by atoms with van der Waals surface area (Å²) >= 11 is 0. The lowest BCUT2D eigenvalue weighted by Gasteiger charge is -2.46. The van der Waals surface area contributed by atoms with Crippen LogP contribution in [-0.4, -0.2) is 68.4 Å². The molecule has 2 aliphatic heterocycles. The van der Waals surface area contributed by atoms with Gasteiger partial charge in [-0.2, -0.15) is 13.2 Å². The number of hydrogen-bond acceptors (Lipinski definition) is 5. The Morgan fingerprint density at radius 1 is 1.21 bits per heavy atom. The number of amides is 1. The fourth-order valence-corrected chi connectivity index (χ4v) is 3.92. The first-order valence-electron chi connectivity index (χ1n) is 9.87. The van der Waals surface area contributed by atoms with Crippen LogP contribution in [0.2, 0.25) is 0 Å². The van der Waals surface area contributed by atoms with Crippen LogP contribution in [0.1, 0.15) is 47.0 Å². The normalized spacial score (nSPS) is 26.1. The van der Waals surface area contributed by atoms with Crippen molar-refractivity contribution in [2.75, 3.05) is 26.8 Å². The number of allylic oxidation sites excluding steroid dienone is 2. The first-order chi connectivity index (χ1) is 13.3. The van der Waals surface area contributed by atoms with Gasteiger partial charge in [0.2, 0.25) is 6.10 Å². The van der Waals surface area contributed by atoms with Gasteiger partial charge in [-0.1, -0.05) is 6.08 Å². The zero-order chi connectivity index (χ0) is 21.7. The topological polar surface area (TPSA) is 57.2 Å². The second-order valence-corrected chi connectivity index (χ2v) is 9.20. The van der Waals surface area contributed by atoms with Crippen molar-refractivity contribution in [3.63, 3.8) is 0 Å². The third kappa shape index (κ3) is 4.44. The van der Waals surface area contributed by atoms with Gasteiger partial charge in [-0.3, -0.25) is 0 Å². The van der Waals surface area contributed by atoms with E-state index in [0.717, 1.165) is 19.0 Å². The fourth-order valence-electron chi connectivity index (χ4n) is 3.92. The van der Waals surface area contributed by atoms with Gasteiger partial charge in [0, 0.05) is 20.2 Å². The largest absolute Gasteiger partial charge is 0.490 e. The quantitative estimate of drug-likeness (QED) is 0.650. The summed E-state index contributed by atoms with van der Waals surface area (Å²) in [5.74, 6) is 0. The number of carbonyl (C=O) groups is 1. The molecule has 2 fully saturated rings. The van der Waals surface area contributed by atoms with Crippen molar-refractivity contribution < 1.29 is 36.7 Å². The summed E-state index contributed by atoms with van der Waals surface area (Å²) in [6.45, 7) is 8.00. The molecule has 2 heterocycles. The van der Waals surface area contributed by atoms with Crippen LogP contribution in [0.3, 0.4) is 0 Å². The summed E-state index contributed by atoms with van der Waals surface area (Å²) in [5, 5.41) is 0. The van der Waals surface area contributed by atoms with Crippen LogP contribution in [0, 0.1) is 5.41 Å². The van der Waals surface area contributed by atoms with E-state index in [0.29, 0.717) is 25.9 Å². The lowest BCUT2D eigenvalue weighted by Crippen LogP contribution is -2.49. The molecule has 1 amide bonds. The molecule has 29 heavy (non-hydrogen) atoms. The average molecular weight is 419 g/mol. The number of rotatable bonds is 4. The Morgan fingerprint density at radius 3 is 2.17 bits per heavy atom. The predicted molar refractivity (Wildman–Crippen MR) is 100 cm³/mol. The van der Waals surface area contributed by atoms with E-state index in [-0.39, 0.29) is 12.5 Å². The zero-order valence-electron chi connectivity index (χ0n) is 17.6. The van der Waals surface area contributed by atoms with E-state index in [9.17, 15) is 18.0 Å². The van der Waals surface area contributed by atoms with Crippen LogP contribution in [-0.2, 0) is 18.8 Å². The molecule has 0 N–H and O–H groups in total. The molecule has 3 rings (SSSR count). The highest BCUT2D eigenvalue weighted by molar-refractivity contribution is 6.55. The molecule has 1 spiro atoms. The van der Waals surface area contributed by atoms with E-state index < -0.39 is 36.2 Å². The van der Waals surface area contributed by atoms with Gasteiger partial charge in [0.25, 0.3) is 0 Å². The molecule has 164 valence electrons. The second kappa shape index (κ2) is 7.46. The number of halogens is 3. The van der Waals surface area contributed by atoms with Crippen molar-refractivity contribution in [3.8, 4) is 0 Å². The van der Waals surface area contributed by atoms with Crippen molar-refractivity contribution in [2.45, 2.75) is 70.4 Å². The summed E-state index contributed by atoms with van der Waals surface area (Å²) in [6.07, 6.45) is -3.55. The minimum atomic E-state index is -4.66. The van der Waals surface area contributed by atoms with Crippen LogP contribution < -0.4 is 0 Å². The summed E-state index contributed by atoms with van der Waals surface area (Å²) in [4.78, 5) is 13.5. The maximum Gasteiger partial charge on any atom is 0.490 e. The van der Waals surface area contributed by atoms with Gasteiger partial charge in [0.1, 0.15) is 0 Å². The number of carbonyl (C=O) groups excluding carboxylic acids is 1. The standard InChI is InChI=1S/C19H29BF3NO5/c1-16(2)17(3,4)29-20(28-16)13-10-18(11-13)6-8-24(9-7-18)15(25)27-14(12-26-5)19(21,22)23/h10,14H,6-9,11-12H2,1-5H3. The molecule has 10 heteroatoms. The Morgan fingerprint density at radius 2 is 1.72 bits per heavy atom. The Labute approximate surface area is 169 Å². The summed E-state index contributed by atoms with van der Waals surface area (Å²) in [6, 6.07) is 0. The number of nitrogens with zero attached hydrogens (tertiary/aromatic N) is 1. The molecular formula is C19H29BF3NO5. The number of ether oxygens (including phenoxy) is 2. The van der Waals surface area contributed by atoms with E-state index >= 15 is 0 Å². The van der Waals surface area contributed by atoms with Crippen LogP contribution >= 0.6 is 0 Å². The smallest absolute Gasteiger partial charge is 0.434 e. The number of hydrogen-bond donors (Lipinski definition) is 0. The molecular weight excluding hydrogens is 390 g/mol. The number of alkyl halides is 3. The molecule has 0 saturated carbocycles. The van der Waals surface area contributed by atoms with Crippen LogP contribution in [0.4, 0.5) is 18.0 Å². The van der Waals surface area contributed by atoms with Crippen LogP contribution in [0.5, 0.6) is 0 Å². The fraction of sp³-hybridized carbons (Fsp3) is 0.842. The molecule has 0 aromatic rings. The Balaban J connectivity index is 1.53. The molecule has 0 aromatic heterocycles. The van der Waals surface area contributed by atoms with Gasteiger partial charge in [-0.15, -0.1) is 0 Å². The van der Waals surface area contributed by atoms with E-state index in [1.165, 1.54) is 4.90 Å². The minimum absolute atomic E-state index is 0.0499. The van der Waals surface area contributed by atoms with Crippen LogP contribution in [0.15, 0.2) is 11.5 Å². The van der Waals surface area contributed by atoms with E-state index in [4.69, 9.17) is 9.31 Å². The Kier molecular flexibility index (Phi) is 5.77. The molecule has 6 nitrogen and oxygen atoms in total. The maximum atomic E-state index is 12.9. The Hall–Kier alpha value is -1.26. The van der Waals surface area contributed by atoms with Gasteiger partial charge in [0.05, 0.1) is 17.8 Å². The molecule has 0 radical (unpaired) electrons. The maximum absolute atomic E-state index is 12.9. The van der Waals surface area contributed by atoms with Crippen molar-refractivity contribution in [2.24, 2.45) is 5.41 Å². The Bertz CT molecular complexity index is 655. The average Bonchev–Trinajstić information content (AvgIpc) is 2.79. The van der Waals surface area contributed by atoms with Crippen LogP contribution in [0.25, 0.3) is 0 Å². The van der Waals surface area contributed by atoms with Crippen molar-refractivity contribution >= 4 is 13.2 Å². The van der Waals surface area contributed by atoms with Gasteiger partial charge in [-0.05, 0) is 57.8 Å². The second-order valence-electron chi connectivity index (χ2n) is 9.20. The lowest BCUT2D eigenvalue weighted by molar-refractivity contribution is -0.217. The highest BCUT2D eigenvalue weighted by Crippen LogP contribution is 2.51. The minimum Gasteiger partial charge on any atom is -0.434 e. The van der Waals surface area contributed by atoms with Crippen molar-refractivity contribution in [1.82, 2.24) is 4.90 Å². The van der Waals surface area contributed by atoms with E-state index in [2.05, 4.69) is 15.5 Å².